The predicted octanol–water partition coefficient (Wildman–Crippen LogP) is 2.12. The molecule has 0 aliphatic carbocycles. The van der Waals surface area contributed by atoms with Crippen LogP contribution >= 0.6 is 0 Å². The fourth-order valence-corrected chi connectivity index (χ4v) is 3.65. The topological polar surface area (TPSA) is 61.9 Å². The number of para-hydroxylation sites is 1. The molecule has 2 amide bonds. The first-order valence-corrected chi connectivity index (χ1v) is 9.50. The summed E-state index contributed by atoms with van der Waals surface area (Å²) < 4.78 is 5.52. The zero-order valence-corrected chi connectivity index (χ0v) is 15.7. The Morgan fingerprint density at radius 3 is 2.42 bits per heavy atom. The minimum Gasteiger partial charge on any atom is -0.372 e. The molecule has 0 radical (unpaired) electrons. The molecule has 2 saturated heterocycles. The average Bonchev–Trinajstić information content (AvgIpc) is 3.06. The van der Waals surface area contributed by atoms with Crippen molar-refractivity contribution in [2.75, 3.05) is 38.1 Å². The number of rotatable bonds is 4. The van der Waals surface area contributed by atoms with E-state index in [1.807, 2.05) is 54.0 Å². The van der Waals surface area contributed by atoms with Crippen molar-refractivity contribution in [2.24, 2.45) is 0 Å². The Labute approximate surface area is 155 Å². The molecule has 2 aliphatic heterocycles. The summed E-state index contributed by atoms with van der Waals surface area (Å²) in [5.74, 6) is 0.145. The quantitative estimate of drug-likeness (QED) is 0.894. The van der Waals surface area contributed by atoms with Crippen molar-refractivity contribution in [3.8, 4) is 0 Å². The lowest BCUT2D eigenvalue weighted by molar-refractivity contribution is -0.141. The third-order valence-electron chi connectivity index (χ3n) is 5.07. The number of carbonyl (C=O) groups excluding carboxylic acids is 2. The molecule has 6 heteroatoms. The first kappa shape index (κ1) is 18.7. The average molecular weight is 359 g/mol. The second-order valence-corrected chi connectivity index (χ2v) is 7.59. The molecule has 2 heterocycles. The highest BCUT2D eigenvalue weighted by Crippen LogP contribution is 2.20. The number of anilines is 1. The molecule has 142 valence electrons. The van der Waals surface area contributed by atoms with Crippen LogP contribution in [-0.4, -0.2) is 66.0 Å². The molecule has 1 aromatic carbocycles. The summed E-state index contributed by atoms with van der Waals surface area (Å²) in [4.78, 5) is 29.3. The zero-order chi connectivity index (χ0) is 18.6. The van der Waals surface area contributed by atoms with E-state index in [9.17, 15) is 9.59 Å². The van der Waals surface area contributed by atoms with E-state index >= 15 is 0 Å². The van der Waals surface area contributed by atoms with Crippen LogP contribution in [0.15, 0.2) is 30.3 Å². The molecule has 1 unspecified atom stereocenters. The van der Waals surface area contributed by atoms with Gasteiger partial charge in [-0.25, -0.2) is 0 Å². The van der Waals surface area contributed by atoms with Crippen LogP contribution in [-0.2, 0) is 14.3 Å². The third kappa shape index (κ3) is 4.36. The highest BCUT2D eigenvalue weighted by atomic mass is 16.5. The maximum Gasteiger partial charge on any atom is 0.251 e. The minimum absolute atomic E-state index is 0.0627. The van der Waals surface area contributed by atoms with Crippen LogP contribution in [0.25, 0.3) is 0 Å². The first-order chi connectivity index (χ1) is 12.5. The van der Waals surface area contributed by atoms with Crippen LogP contribution < -0.4 is 5.32 Å². The molecule has 0 spiro atoms. The number of hydrogen-bond donors (Lipinski definition) is 1. The molecule has 3 rings (SSSR count). The number of carbonyl (C=O) groups is 2. The monoisotopic (exact) mass is 359 g/mol. The maximum atomic E-state index is 13.0. The third-order valence-corrected chi connectivity index (χ3v) is 5.07. The smallest absolute Gasteiger partial charge is 0.251 e. The number of hydrogen-bond acceptors (Lipinski definition) is 4. The Balaban J connectivity index is 1.59. The van der Waals surface area contributed by atoms with Crippen molar-refractivity contribution < 1.29 is 14.3 Å². The maximum absolute atomic E-state index is 13.0. The van der Waals surface area contributed by atoms with Gasteiger partial charge in [-0.05, 0) is 45.2 Å². The summed E-state index contributed by atoms with van der Waals surface area (Å²) >= 11 is 0. The fourth-order valence-electron chi connectivity index (χ4n) is 3.65. The Hall–Kier alpha value is -2.08. The lowest BCUT2D eigenvalue weighted by Gasteiger charge is -2.33. The highest BCUT2D eigenvalue weighted by molar-refractivity contribution is 5.88. The molecule has 0 bridgehead atoms. The largest absolute Gasteiger partial charge is 0.372 e. The van der Waals surface area contributed by atoms with Crippen LogP contribution in [0.5, 0.6) is 0 Å². The van der Waals surface area contributed by atoms with Crippen molar-refractivity contribution in [3.05, 3.63) is 30.3 Å². The zero-order valence-electron chi connectivity index (χ0n) is 15.7. The Morgan fingerprint density at radius 1 is 1.04 bits per heavy atom. The molecule has 1 aromatic rings. The Kier molecular flexibility index (Phi) is 5.81. The fraction of sp³-hybridized carbons (Fsp3) is 0.600. The van der Waals surface area contributed by atoms with Gasteiger partial charge in [0.25, 0.3) is 5.91 Å². The van der Waals surface area contributed by atoms with Gasteiger partial charge < -0.3 is 19.9 Å². The van der Waals surface area contributed by atoms with Crippen LogP contribution in [0.1, 0.15) is 33.1 Å². The van der Waals surface area contributed by atoms with Crippen molar-refractivity contribution in [1.29, 1.82) is 0 Å². The van der Waals surface area contributed by atoms with Gasteiger partial charge in [0.05, 0.1) is 0 Å². The molecule has 2 fully saturated rings. The standard InChI is InChI=1S/C20H29N3O3/c1-20(2,21-16-8-4-3-5-9-16)19(25)23-12-7-11-22(13-14-23)18(24)17-10-6-15-26-17/h3-5,8-9,17,21H,6-7,10-15H2,1-2H3. The van der Waals surface area contributed by atoms with Gasteiger partial charge in [0.2, 0.25) is 5.91 Å². The molecule has 26 heavy (non-hydrogen) atoms. The van der Waals surface area contributed by atoms with E-state index in [4.69, 9.17) is 4.74 Å². The molecule has 6 nitrogen and oxygen atoms in total. The number of amides is 2. The van der Waals surface area contributed by atoms with Gasteiger partial charge in [0.15, 0.2) is 0 Å². The molecule has 0 aromatic heterocycles. The SMILES string of the molecule is CC(C)(Nc1ccccc1)C(=O)N1CCCN(C(=O)C2CCCO2)CC1. The van der Waals surface area contributed by atoms with Crippen LogP contribution in [0.3, 0.4) is 0 Å². The molecular weight excluding hydrogens is 330 g/mol. The van der Waals surface area contributed by atoms with Crippen LogP contribution in [0.2, 0.25) is 0 Å². The predicted molar refractivity (Wildman–Crippen MR) is 101 cm³/mol. The Morgan fingerprint density at radius 2 is 1.73 bits per heavy atom. The molecule has 1 atom stereocenters. The van der Waals surface area contributed by atoms with Gasteiger partial charge in [0.1, 0.15) is 11.6 Å². The van der Waals surface area contributed by atoms with Gasteiger partial charge >= 0.3 is 0 Å². The van der Waals surface area contributed by atoms with E-state index in [-0.39, 0.29) is 17.9 Å². The number of nitrogens with zero attached hydrogens (tertiary/aromatic N) is 2. The van der Waals surface area contributed by atoms with E-state index < -0.39 is 5.54 Å². The molecule has 2 aliphatic rings. The second-order valence-electron chi connectivity index (χ2n) is 7.59. The van der Waals surface area contributed by atoms with Gasteiger partial charge in [-0.3, -0.25) is 9.59 Å². The number of benzene rings is 1. The minimum atomic E-state index is -0.699. The van der Waals surface area contributed by atoms with E-state index in [1.54, 1.807) is 0 Å². The lowest BCUT2D eigenvalue weighted by atomic mass is 10.0. The van der Waals surface area contributed by atoms with Crippen molar-refractivity contribution in [1.82, 2.24) is 9.80 Å². The van der Waals surface area contributed by atoms with E-state index in [0.717, 1.165) is 24.9 Å². The number of nitrogens with one attached hydrogen (secondary N) is 1. The van der Waals surface area contributed by atoms with Crippen molar-refractivity contribution in [2.45, 2.75) is 44.8 Å². The normalized spacial score (nSPS) is 21.4. The van der Waals surface area contributed by atoms with Crippen molar-refractivity contribution in [3.63, 3.8) is 0 Å². The van der Waals surface area contributed by atoms with Gasteiger partial charge in [-0.15, -0.1) is 0 Å². The van der Waals surface area contributed by atoms with E-state index in [2.05, 4.69) is 5.32 Å². The summed E-state index contributed by atoms with van der Waals surface area (Å²) in [6.45, 7) is 6.99. The van der Waals surface area contributed by atoms with Gasteiger partial charge in [-0.1, -0.05) is 18.2 Å². The molecule has 1 N–H and O–H groups in total. The summed E-state index contributed by atoms with van der Waals surface area (Å²) in [7, 11) is 0. The van der Waals surface area contributed by atoms with Crippen LogP contribution in [0.4, 0.5) is 5.69 Å². The lowest BCUT2D eigenvalue weighted by Crippen LogP contribution is -2.51. The van der Waals surface area contributed by atoms with E-state index in [0.29, 0.717) is 32.8 Å². The highest BCUT2D eigenvalue weighted by Gasteiger charge is 2.34. The number of ether oxygens (including phenoxy) is 1. The second kappa shape index (κ2) is 8.08. The van der Waals surface area contributed by atoms with Crippen LogP contribution in [0, 0.1) is 0 Å². The summed E-state index contributed by atoms with van der Waals surface area (Å²) in [6, 6.07) is 9.76. The summed E-state index contributed by atoms with van der Waals surface area (Å²) in [6.07, 6.45) is 2.28. The van der Waals surface area contributed by atoms with Crippen molar-refractivity contribution >= 4 is 17.5 Å². The molecule has 0 saturated carbocycles. The van der Waals surface area contributed by atoms with Gasteiger partial charge in [-0.2, -0.15) is 0 Å². The molecular formula is C20H29N3O3. The Bertz CT molecular complexity index is 626. The van der Waals surface area contributed by atoms with E-state index in [1.165, 1.54) is 0 Å². The summed E-state index contributed by atoms with van der Waals surface area (Å²) in [5, 5.41) is 3.32. The van der Waals surface area contributed by atoms with Gasteiger partial charge in [0, 0.05) is 38.5 Å². The summed E-state index contributed by atoms with van der Waals surface area (Å²) in [5.41, 5.74) is 0.227. The first-order valence-electron chi connectivity index (χ1n) is 9.50.